The first kappa shape index (κ1) is 29.7. The van der Waals surface area contributed by atoms with Gasteiger partial charge in [0.05, 0.1) is 0 Å². The van der Waals surface area contributed by atoms with Crippen LogP contribution in [-0.4, -0.2) is 86.9 Å². The Morgan fingerprint density at radius 3 is 2.16 bits per heavy atom. The number of rotatable bonds is 10. The van der Waals surface area contributed by atoms with E-state index in [1.807, 2.05) is 36.4 Å². The van der Waals surface area contributed by atoms with E-state index in [0.717, 1.165) is 25.7 Å². The predicted octanol–water partition coefficient (Wildman–Crippen LogP) is 3.41. The smallest absolute Gasteiger partial charge is 0.303 e. The van der Waals surface area contributed by atoms with E-state index in [1.165, 1.54) is 6.07 Å². The lowest BCUT2D eigenvalue weighted by Crippen LogP contribution is -2.56. The summed E-state index contributed by atoms with van der Waals surface area (Å²) in [4.78, 5) is 63.6. The Morgan fingerprint density at radius 2 is 1.51 bits per heavy atom. The number of benzene rings is 2. The van der Waals surface area contributed by atoms with Gasteiger partial charge in [-0.25, -0.2) is 4.98 Å². The fourth-order valence-corrected chi connectivity index (χ4v) is 5.37. The molecule has 11 heteroatoms. The van der Waals surface area contributed by atoms with Crippen LogP contribution in [0.25, 0.3) is 11.4 Å². The van der Waals surface area contributed by atoms with Crippen LogP contribution in [0.5, 0.6) is 5.88 Å². The van der Waals surface area contributed by atoms with Gasteiger partial charge in [-0.05, 0) is 44.2 Å². The molecule has 1 saturated carbocycles. The number of piperazine rings is 1. The van der Waals surface area contributed by atoms with Gasteiger partial charge in [0.15, 0.2) is 5.82 Å². The lowest BCUT2D eigenvalue weighted by atomic mass is 10.1. The van der Waals surface area contributed by atoms with Crippen LogP contribution in [0.4, 0.5) is 0 Å². The Labute approximate surface area is 249 Å². The van der Waals surface area contributed by atoms with Crippen molar-refractivity contribution < 1.29 is 29.0 Å². The third kappa shape index (κ3) is 7.73. The highest BCUT2D eigenvalue weighted by atomic mass is 16.5. The van der Waals surface area contributed by atoms with E-state index in [4.69, 9.17) is 4.74 Å². The molecule has 2 fully saturated rings. The predicted molar refractivity (Wildman–Crippen MR) is 157 cm³/mol. The number of carboxylic acids is 1. The van der Waals surface area contributed by atoms with E-state index in [2.05, 4.69) is 15.3 Å². The van der Waals surface area contributed by atoms with E-state index in [1.54, 1.807) is 34.1 Å². The quantitative estimate of drug-likeness (QED) is 0.369. The standard InChI is InChI=1S/C32H35N5O6/c38-28(39)16-15-25(32(42)37-19-17-36(18-20-37)31(41)23-11-5-2-6-12-23)34-30(40)26-21-27(43-24-13-7-8-14-24)35-29(33-26)22-9-3-1-4-10-22/h1-6,9-12,21,24-25H,7-8,13-20H2,(H,34,40)(H,38,39). The highest BCUT2D eigenvalue weighted by Crippen LogP contribution is 2.25. The molecule has 1 aromatic heterocycles. The van der Waals surface area contributed by atoms with E-state index >= 15 is 0 Å². The fourth-order valence-electron chi connectivity index (χ4n) is 5.37. The Hall–Kier alpha value is -4.80. The van der Waals surface area contributed by atoms with Gasteiger partial charge in [0, 0.05) is 49.8 Å². The molecule has 3 amide bonds. The monoisotopic (exact) mass is 585 g/mol. The molecule has 1 aliphatic heterocycles. The number of aromatic nitrogens is 2. The molecule has 11 nitrogen and oxygen atoms in total. The second-order valence-electron chi connectivity index (χ2n) is 10.7. The van der Waals surface area contributed by atoms with Crippen LogP contribution in [0.3, 0.4) is 0 Å². The van der Waals surface area contributed by atoms with Gasteiger partial charge in [0.1, 0.15) is 17.8 Å². The van der Waals surface area contributed by atoms with Crippen LogP contribution in [0.2, 0.25) is 0 Å². The Balaban J connectivity index is 1.31. The minimum absolute atomic E-state index is 0.00627. The molecule has 0 radical (unpaired) electrons. The average molecular weight is 586 g/mol. The van der Waals surface area contributed by atoms with Gasteiger partial charge in [-0.15, -0.1) is 0 Å². The van der Waals surface area contributed by atoms with E-state index in [-0.39, 0.29) is 49.5 Å². The molecule has 2 aromatic carbocycles. The minimum atomic E-state index is -1.09. The van der Waals surface area contributed by atoms with Crippen molar-refractivity contribution in [1.29, 1.82) is 0 Å². The zero-order chi connectivity index (χ0) is 30.2. The van der Waals surface area contributed by atoms with Crippen LogP contribution in [0.1, 0.15) is 59.4 Å². The molecule has 3 aromatic rings. The van der Waals surface area contributed by atoms with Gasteiger partial charge in [-0.2, -0.15) is 4.98 Å². The van der Waals surface area contributed by atoms with Crippen LogP contribution in [0, 0.1) is 0 Å². The van der Waals surface area contributed by atoms with Gasteiger partial charge in [-0.3, -0.25) is 19.2 Å². The Morgan fingerprint density at radius 1 is 0.884 bits per heavy atom. The molecule has 0 bridgehead atoms. The Bertz CT molecular complexity index is 1440. The van der Waals surface area contributed by atoms with Crippen molar-refractivity contribution in [2.75, 3.05) is 26.2 Å². The Kier molecular flexibility index (Phi) is 9.60. The molecular formula is C32H35N5O6. The minimum Gasteiger partial charge on any atom is -0.481 e. The van der Waals surface area contributed by atoms with Gasteiger partial charge >= 0.3 is 5.97 Å². The fraction of sp³-hybridized carbons (Fsp3) is 0.375. The molecule has 5 rings (SSSR count). The zero-order valence-electron chi connectivity index (χ0n) is 23.9. The van der Waals surface area contributed by atoms with E-state index in [9.17, 15) is 24.3 Å². The summed E-state index contributed by atoms with van der Waals surface area (Å²) in [5.41, 5.74) is 1.30. The molecule has 1 saturated heterocycles. The number of carboxylic acid groups (broad SMARTS) is 1. The summed E-state index contributed by atoms with van der Waals surface area (Å²) in [6.07, 6.45) is 3.55. The molecule has 1 aliphatic carbocycles. The van der Waals surface area contributed by atoms with Gasteiger partial charge in [0.25, 0.3) is 11.8 Å². The molecule has 0 spiro atoms. The lowest BCUT2D eigenvalue weighted by molar-refractivity contribution is -0.138. The maximum Gasteiger partial charge on any atom is 0.303 e. The average Bonchev–Trinajstić information content (AvgIpc) is 3.56. The van der Waals surface area contributed by atoms with Crippen molar-refractivity contribution in [2.45, 2.75) is 50.7 Å². The van der Waals surface area contributed by atoms with Crippen molar-refractivity contribution in [3.63, 3.8) is 0 Å². The molecular weight excluding hydrogens is 550 g/mol. The SMILES string of the molecule is O=C(O)CCC(NC(=O)c1cc(OC2CCCC2)nc(-c2ccccc2)n1)C(=O)N1CCN(C(=O)c2ccccc2)CC1. The number of nitrogens with one attached hydrogen (secondary N) is 1. The molecule has 2 heterocycles. The van der Waals surface area contributed by atoms with Crippen molar-refractivity contribution in [3.8, 4) is 17.3 Å². The van der Waals surface area contributed by atoms with E-state index < -0.39 is 23.8 Å². The second-order valence-corrected chi connectivity index (χ2v) is 10.7. The molecule has 1 atom stereocenters. The number of hydrogen-bond acceptors (Lipinski definition) is 7. The summed E-state index contributed by atoms with van der Waals surface area (Å²) in [5.74, 6) is -1.63. The highest BCUT2D eigenvalue weighted by Gasteiger charge is 2.31. The normalized spacial score (nSPS) is 16.0. The van der Waals surface area contributed by atoms with Crippen molar-refractivity contribution in [1.82, 2.24) is 25.1 Å². The van der Waals surface area contributed by atoms with Gasteiger partial charge < -0.3 is 25.0 Å². The van der Waals surface area contributed by atoms with E-state index in [0.29, 0.717) is 30.0 Å². The summed E-state index contributed by atoms with van der Waals surface area (Å²) in [6, 6.07) is 18.5. The molecule has 43 heavy (non-hydrogen) atoms. The van der Waals surface area contributed by atoms with Gasteiger partial charge in [0.2, 0.25) is 11.8 Å². The first-order valence-corrected chi connectivity index (χ1v) is 14.6. The zero-order valence-corrected chi connectivity index (χ0v) is 23.9. The number of aliphatic carboxylic acids is 1. The van der Waals surface area contributed by atoms with Crippen LogP contribution < -0.4 is 10.1 Å². The first-order valence-electron chi connectivity index (χ1n) is 14.6. The maximum absolute atomic E-state index is 13.6. The molecule has 2 N–H and O–H groups in total. The summed E-state index contributed by atoms with van der Waals surface area (Å²) in [6.45, 7) is 1.18. The number of hydrogen-bond donors (Lipinski definition) is 2. The maximum atomic E-state index is 13.6. The van der Waals surface area contributed by atoms with Crippen LogP contribution >= 0.6 is 0 Å². The third-order valence-corrected chi connectivity index (χ3v) is 7.71. The number of carbonyl (C=O) groups excluding carboxylic acids is 3. The number of nitrogens with zero attached hydrogens (tertiary/aromatic N) is 4. The second kappa shape index (κ2) is 13.9. The van der Waals surface area contributed by atoms with Crippen molar-refractivity contribution >= 4 is 23.7 Å². The van der Waals surface area contributed by atoms with Gasteiger partial charge in [-0.1, -0.05) is 48.5 Å². The highest BCUT2D eigenvalue weighted by molar-refractivity contribution is 5.97. The summed E-state index contributed by atoms with van der Waals surface area (Å²) in [7, 11) is 0. The summed E-state index contributed by atoms with van der Waals surface area (Å²) < 4.78 is 6.10. The van der Waals surface area contributed by atoms with Crippen molar-refractivity contribution in [2.24, 2.45) is 0 Å². The number of carbonyl (C=O) groups is 4. The van der Waals surface area contributed by atoms with Crippen molar-refractivity contribution in [3.05, 3.63) is 78.0 Å². The topological polar surface area (TPSA) is 142 Å². The largest absolute Gasteiger partial charge is 0.481 e. The number of amides is 3. The summed E-state index contributed by atoms with van der Waals surface area (Å²) in [5, 5.41) is 12.1. The first-order chi connectivity index (χ1) is 20.9. The summed E-state index contributed by atoms with van der Waals surface area (Å²) >= 11 is 0. The molecule has 224 valence electrons. The van der Waals surface area contributed by atoms with Crippen LogP contribution in [-0.2, 0) is 9.59 Å². The third-order valence-electron chi connectivity index (χ3n) is 7.71. The van der Waals surface area contributed by atoms with Crippen LogP contribution in [0.15, 0.2) is 66.7 Å². The number of ether oxygens (including phenoxy) is 1. The molecule has 1 unspecified atom stereocenters. The molecule has 2 aliphatic rings. The lowest BCUT2D eigenvalue weighted by Gasteiger charge is -2.36.